The van der Waals surface area contributed by atoms with Crippen LogP contribution in [0, 0.1) is 0 Å². The summed E-state index contributed by atoms with van der Waals surface area (Å²) in [6.45, 7) is 2.38. The van der Waals surface area contributed by atoms with E-state index >= 15 is 0 Å². The number of nitrogens with two attached hydrogens (primary N) is 1. The molecule has 1 atom stereocenters. The lowest BCUT2D eigenvalue weighted by atomic mass is 10.2. The molecule has 0 aliphatic carbocycles. The maximum Gasteiger partial charge on any atom is 0.271 e. The van der Waals surface area contributed by atoms with Crippen molar-refractivity contribution in [3.8, 4) is 11.5 Å². The Balaban J connectivity index is 0.00000243. The van der Waals surface area contributed by atoms with Gasteiger partial charge in [-0.05, 0) is 32.2 Å². The van der Waals surface area contributed by atoms with Crippen molar-refractivity contribution in [3.05, 3.63) is 42.2 Å². The van der Waals surface area contributed by atoms with Crippen LogP contribution in [0.1, 0.15) is 27.9 Å². The van der Waals surface area contributed by atoms with E-state index in [0.29, 0.717) is 18.0 Å². The van der Waals surface area contributed by atoms with Crippen LogP contribution < -0.4 is 16.4 Å². The second-order valence-corrected chi connectivity index (χ2v) is 5.55. The van der Waals surface area contributed by atoms with E-state index in [0.717, 1.165) is 0 Å². The maximum absolute atomic E-state index is 12.6. The second kappa shape index (κ2) is 7.98. The summed E-state index contributed by atoms with van der Waals surface area (Å²) in [6.07, 6.45) is 2.85. The van der Waals surface area contributed by atoms with E-state index in [9.17, 15) is 9.59 Å². The number of furan rings is 1. The minimum absolute atomic E-state index is 0. The average Bonchev–Trinajstić information content (AvgIpc) is 3.27. The Morgan fingerprint density at radius 1 is 1.42 bits per heavy atom. The number of hydrogen-bond donors (Lipinski definition) is 3. The number of carbonyl (C=O) groups excluding carboxylic acids is 2. The van der Waals surface area contributed by atoms with Gasteiger partial charge in [-0.2, -0.15) is 0 Å². The smallest absolute Gasteiger partial charge is 0.271 e. The highest BCUT2D eigenvalue weighted by Gasteiger charge is 2.20. The molecule has 0 radical (unpaired) electrons. The van der Waals surface area contributed by atoms with Gasteiger partial charge in [-0.1, -0.05) is 0 Å². The summed E-state index contributed by atoms with van der Waals surface area (Å²) >= 11 is 0. The quantitative estimate of drug-likeness (QED) is 0.583. The zero-order chi connectivity index (χ0) is 18.0. The predicted molar refractivity (Wildman–Crippen MR) is 97.3 cm³/mol. The van der Waals surface area contributed by atoms with Crippen molar-refractivity contribution >= 4 is 29.9 Å². The lowest BCUT2D eigenvalue weighted by molar-refractivity contribution is 0.0942. The first-order valence-corrected chi connectivity index (χ1v) is 7.68. The van der Waals surface area contributed by atoms with Crippen molar-refractivity contribution in [2.45, 2.75) is 13.0 Å². The summed E-state index contributed by atoms with van der Waals surface area (Å²) < 4.78 is 6.78. The number of likely N-dealkylation sites (N-methyl/N-ethyl adjacent to an activating group) is 1. The van der Waals surface area contributed by atoms with Crippen LogP contribution in [0.25, 0.3) is 17.1 Å². The van der Waals surface area contributed by atoms with Gasteiger partial charge in [-0.3, -0.25) is 14.0 Å². The Morgan fingerprint density at radius 3 is 2.81 bits per heavy atom. The van der Waals surface area contributed by atoms with E-state index in [4.69, 9.17) is 10.2 Å². The standard InChI is InChI=1S/C16H18N6O3.ClH/c1-9(18-2)7-19-16(24)11-6-10(12-4-3-5-25-12)21-15-13(14(17)23)20-8-22(11)15;/h3-6,8-9,18H,7H2,1-2H3,(H2,17,23)(H,19,24);1H. The largest absolute Gasteiger partial charge is 0.463 e. The van der Waals surface area contributed by atoms with Gasteiger partial charge in [0.15, 0.2) is 17.1 Å². The number of rotatable bonds is 6. The molecule has 3 aromatic rings. The van der Waals surface area contributed by atoms with Gasteiger partial charge in [0, 0.05) is 12.6 Å². The molecule has 0 fully saturated rings. The summed E-state index contributed by atoms with van der Waals surface area (Å²) in [6, 6.07) is 5.11. The summed E-state index contributed by atoms with van der Waals surface area (Å²) in [5, 5.41) is 5.87. The van der Waals surface area contributed by atoms with Gasteiger partial charge >= 0.3 is 0 Å². The summed E-state index contributed by atoms with van der Waals surface area (Å²) in [5.41, 5.74) is 6.23. The molecule has 1 unspecified atom stereocenters. The van der Waals surface area contributed by atoms with Crippen molar-refractivity contribution in [1.29, 1.82) is 0 Å². The average molecular weight is 379 g/mol. The van der Waals surface area contributed by atoms with E-state index in [2.05, 4.69) is 20.6 Å². The normalized spacial score (nSPS) is 11.8. The van der Waals surface area contributed by atoms with Crippen LogP contribution in [-0.4, -0.2) is 45.8 Å². The molecule has 0 saturated heterocycles. The molecule has 0 aliphatic heterocycles. The highest BCUT2D eigenvalue weighted by atomic mass is 35.5. The summed E-state index contributed by atoms with van der Waals surface area (Å²) in [7, 11) is 1.81. The van der Waals surface area contributed by atoms with Crippen molar-refractivity contribution in [2.75, 3.05) is 13.6 Å². The van der Waals surface area contributed by atoms with Crippen molar-refractivity contribution in [1.82, 2.24) is 25.0 Å². The molecule has 10 heteroatoms. The highest BCUT2D eigenvalue weighted by Crippen LogP contribution is 2.21. The number of nitrogens with one attached hydrogen (secondary N) is 2. The van der Waals surface area contributed by atoms with Crippen LogP contribution >= 0.6 is 12.4 Å². The summed E-state index contributed by atoms with van der Waals surface area (Å²) in [5.74, 6) is -0.575. The minimum atomic E-state index is -0.721. The first-order valence-electron chi connectivity index (χ1n) is 7.68. The molecule has 0 aliphatic rings. The second-order valence-electron chi connectivity index (χ2n) is 5.55. The number of carbonyl (C=O) groups is 2. The number of nitrogens with zero attached hydrogens (tertiary/aromatic N) is 3. The fourth-order valence-corrected chi connectivity index (χ4v) is 2.31. The fourth-order valence-electron chi connectivity index (χ4n) is 2.31. The van der Waals surface area contributed by atoms with E-state index in [1.54, 1.807) is 18.2 Å². The predicted octanol–water partition coefficient (Wildman–Crippen LogP) is 0.848. The molecule has 0 bridgehead atoms. The molecule has 26 heavy (non-hydrogen) atoms. The first kappa shape index (κ1) is 19.4. The van der Waals surface area contributed by atoms with Crippen LogP contribution in [0.5, 0.6) is 0 Å². The maximum atomic E-state index is 12.6. The number of halogens is 1. The molecular formula is C16H19ClN6O3. The van der Waals surface area contributed by atoms with Crippen LogP contribution in [0.2, 0.25) is 0 Å². The lowest BCUT2D eigenvalue weighted by Crippen LogP contribution is -2.37. The van der Waals surface area contributed by atoms with Gasteiger partial charge in [-0.25, -0.2) is 9.97 Å². The monoisotopic (exact) mass is 378 g/mol. The van der Waals surface area contributed by atoms with Gasteiger partial charge in [0.2, 0.25) is 0 Å². The Kier molecular flexibility index (Phi) is 5.96. The Morgan fingerprint density at radius 2 is 2.19 bits per heavy atom. The molecule has 0 spiro atoms. The molecule has 0 aromatic carbocycles. The highest BCUT2D eigenvalue weighted by molar-refractivity contribution is 5.99. The Hall–Kier alpha value is -2.91. The molecule has 0 saturated carbocycles. The van der Waals surface area contributed by atoms with Gasteiger partial charge in [0.05, 0.1) is 6.26 Å². The van der Waals surface area contributed by atoms with Gasteiger partial charge in [0.25, 0.3) is 11.8 Å². The first-order chi connectivity index (χ1) is 12.0. The van der Waals surface area contributed by atoms with Crippen LogP contribution in [0.3, 0.4) is 0 Å². The molecule has 3 aromatic heterocycles. The zero-order valence-corrected chi connectivity index (χ0v) is 15.0. The van der Waals surface area contributed by atoms with Gasteiger partial charge in [0.1, 0.15) is 17.7 Å². The molecule has 2 amide bonds. The SMILES string of the molecule is CNC(C)CNC(=O)c1cc(-c2ccco2)nc2c(C(N)=O)ncn12.Cl. The fraction of sp³-hybridized carbons (Fsp3) is 0.250. The van der Waals surface area contributed by atoms with Crippen molar-refractivity contribution < 1.29 is 14.0 Å². The van der Waals surface area contributed by atoms with E-state index in [1.165, 1.54) is 17.0 Å². The number of imidazole rings is 1. The third-order valence-corrected chi connectivity index (χ3v) is 3.80. The van der Waals surface area contributed by atoms with Crippen LogP contribution in [0.15, 0.2) is 35.2 Å². The van der Waals surface area contributed by atoms with Gasteiger partial charge in [-0.15, -0.1) is 12.4 Å². The van der Waals surface area contributed by atoms with Crippen LogP contribution in [-0.2, 0) is 0 Å². The molecular weight excluding hydrogens is 360 g/mol. The number of primary amides is 1. The van der Waals surface area contributed by atoms with E-state index in [1.807, 2.05) is 14.0 Å². The molecule has 9 nitrogen and oxygen atoms in total. The Labute approximate surface area is 155 Å². The molecule has 4 N–H and O–H groups in total. The number of aromatic nitrogens is 3. The van der Waals surface area contributed by atoms with E-state index in [-0.39, 0.29) is 41.4 Å². The topological polar surface area (TPSA) is 128 Å². The minimum Gasteiger partial charge on any atom is -0.463 e. The zero-order valence-electron chi connectivity index (χ0n) is 14.2. The third-order valence-electron chi connectivity index (χ3n) is 3.80. The Bertz CT molecular complexity index is 922. The molecule has 138 valence electrons. The van der Waals surface area contributed by atoms with E-state index < -0.39 is 5.91 Å². The lowest BCUT2D eigenvalue weighted by Gasteiger charge is -2.12. The third kappa shape index (κ3) is 3.68. The van der Waals surface area contributed by atoms with Crippen molar-refractivity contribution in [2.24, 2.45) is 5.73 Å². The number of amides is 2. The summed E-state index contributed by atoms with van der Waals surface area (Å²) in [4.78, 5) is 32.5. The van der Waals surface area contributed by atoms with Gasteiger partial charge < -0.3 is 20.8 Å². The van der Waals surface area contributed by atoms with Crippen molar-refractivity contribution in [3.63, 3.8) is 0 Å². The molecule has 3 heterocycles. The molecule has 3 rings (SSSR count). The van der Waals surface area contributed by atoms with Crippen LogP contribution in [0.4, 0.5) is 0 Å². The number of hydrogen-bond acceptors (Lipinski definition) is 6. The number of fused-ring (bicyclic) bond motifs is 1.